The number of carbonyl (C=O) groups is 2. The fraction of sp³-hybridized carbons (Fsp3) is 0.579. The van der Waals surface area contributed by atoms with E-state index in [1.165, 1.54) is 19.2 Å². The maximum absolute atomic E-state index is 12.9. The number of nitro groups is 1. The van der Waals surface area contributed by atoms with E-state index in [-0.39, 0.29) is 40.6 Å². The molecule has 154 valence electrons. The summed E-state index contributed by atoms with van der Waals surface area (Å²) in [6.07, 6.45) is 1.04. The molecule has 0 unspecified atom stereocenters. The van der Waals surface area contributed by atoms with Crippen molar-refractivity contribution in [2.24, 2.45) is 5.92 Å². The van der Waals surface area contributed by atoms with Crippen molar-refractivity contribution in [1.82, 2.24) is 10.2 Å². The monoisotopic (exact) mass is 393 g/mol. The molecule has 1 aliphatic heterocycles. The van der Waals surface area contributed by atoms with E-state index in [0.717, 1.165) is 0 Å². The number of ether oxygens (including phenoxy) is 2. The Morgan fingerprint density at radius 2 is 1.93 bits per heavy atom. The van der Waals surface area contributed by atoms with Crippen LogP contribution in [0.2, 0.25) is 0 Å². The summed E-state index contributed by atoms with van der Waals surface area (Å²) in [5, 5.41) is 14.4. The smallest absolute Gasteiger partial charge is 0.286 e. The van der Waals surface area contributed by atoms with Gasteiger partial charge in [-0.2, -0.15) is 0 Å². The average molecular weight is 393 g/mol. The van der Waals surface area contributed by atoms with Crippen LogP contribution in [0, 0.1) is 16.0 Å². The van der Waals surface area contributed by atoms with Crippen LogP contribution in [-0.2, 0) is 4.79 Å². The van der Waals surface area contributed by atoms with Gasteiger partial charge in [-0.1, -0.05) is 0 Å². The van der Waals surface area contributed by atoms with Crippen molar-refractivity contribution in [3.8, 4) is 11.5 Å². The first kappa shape index (κ1) is 21.5. The van der Waals surface area contributed by atoms with Crippen LogP contribution in [0.5, 0.6) is 11.5 Å². The molecule has 1 aliphatic rings. The van der Waals surface area contributed by atoms with Crippen molar-refractivity contribution in [3.63, 3.8) is 0 Å². The summed E-state index contributed by atoms with van der Waals surface area (Å²) in [5.41, 5.74) is -0.371. The topological polar surface area (TPSA) is 111 Å². The zero-order chi connectivity index (χ0) is 20.8. The van der Waals surface area contributed by atoms with Crippen LogP contribution in [0.15, 0.2) is 12.1 Å². The van der Waals surface area contributed by atoms with E-state index in [9.17, 15) is 19.7 Å². The number of methoxy groups -OCH3 is 1. The molecule has 1 aromatic carbocycles. The third kappa shape index (κ3) is 4.90. The molecule has 0 spiro atoms. The molecule has 0 bridgehead atoms. The van der Waals surface area contributed by atoms with Crippen molar-refractivity contribution in [2.45, 2.75) is 39.7 Å². The van der Waals surface area contributed by atoms with Gasteiger partial charge in [0.1, 0.15) is 5.56 Å². The van der Waals surface area contributed by atoms with Crippen molar-refractivity contribution in [3.05, 3.63) is 27.8 Å². The quantitative estimate of drug-likeness (QED) is 0.562. The lowest BCUT2D eigenvalue weighted by atomic mass is 9.95. The van der Waals surface area contributed by atoms with Crippen molar-refractivity contribution >= 4 is 17.5 Å². The van der Waals surface area contributed by atoms with Crippen molar-refractivity contribution < 1.29 is 24.0 Å². The molecule has 0 aromatic heterocycles. The van der Waals surface area contributed by atoms with Crippen LogP contribution in [0.4, 0.5) is 5.69 Å². The van der Waals surface area contributed by atoms with E-state index in [4.69, 9.17) is 9.47 Å². The van der Waals surface area contributed by atoms with Crippen LogP contribution >= 0.6 is 0 Å². The van der Waals surface area contributed by atoms with Gasteiger partial charge in [-0.05, 0) is 33.6 Å². The highest BCUT2D eigenvalue weighted by Gasteiger charge is 2.32. The molecule has 1 fully saturated rings. The molecule has 28 heavy (non-hydrogen) atoms. The number of nitro benzene ring substituents is 1. The molecule has 0 saturated carbocycles. The van der Waals surface area contributed by atoms with Gasteiger partial charge >= 0.3 is 0 Å². The van der Waals surface area contributed by atoms with Gasteiger partial charge < -0.3 is 19.7 Å². The minimum atomic E-state index is -0.599. The molecule has 0 radical (unpaired) electrons. The summed E-state index contributed by atoms with van der Waals surface area (Å²) in [7, 11) is 1.41. The van der Waals surface area contributed by atoms with Gasteiger partial charge in [0.05, 0.1) is 24.7 Å². The number of piperidine rings is 1. The summed E-state index contributed by atoms with van der Waals surface area (Å²) in [4.78, 5) is 37.5. The average Bonchev–Trinajstić information content (AvgIpc) is 2.66. The maximum atomic E-state index is 12.9. The fourth-order valence-electron chi connectivity index (χ4n) is 3.22. The van der Waals surface area contributed by atoms with Gasteiger partial charge in [-0.15, -0.1) is 0 Å². The Balaban J connectivity index is 2.20. The zero-order valence-corrected chi connectivity index (χ0v) is 16.7. The fourth-order valence-corrected chi connectivity index (χ4v) is 3.22. The number of carbonyl (C=O) groups excluding carboxylic acids is 2. The lowest BCUT2D eigenvalue weighted by Crippen LogP contribution is -2.44. The molecule has 2 rings (SSSR count). The highest BCUT2D eigenvalue weighted by atomic mass is 16.6. The van der Waals surface area contributed by atoms with Gasteiger partial charge in [0.15, 0.2) is 11.5 Å². The molecule has 9 nitrogen and oxygen atoms in total. The summed E-state index contributed by atoms with van der Waals surface area (Å²) in [6.45, 7) is 6.59. The Bertz CT molecular complexity index is 741. The van der Waals surface area contributed by atoms with E-state index < -0.39 is 10.8 Å². The predicted octanol–water partition coefficient (Wildman–Crippen LogP) is 2.38. The Morgan fingerprint density at radius 3 is 2.43 bits per heavy atom. The number of nitrogens with zero attached hydrogens (tertiary/aromatic N) is 2. The lowest BCUT2D eigenvalue weighted by molar-refractivity contribution is -0.385. The maximum Gasteiger partial charge on any atom is 0.286 e. The molecule has 1 N–H and O–H groups in total. The molecule has 1 saturated heterocycles. The number of hydrogen-bond acceptors (Lipinski definition) is 6. The van der Waals surface area contributed by atoms with Crippen LogP contribution in [0.1, 0.15) is 44.0 Å². The first-order valence-electron chi connectivity index (χ1n) is 9.37. The van der Waals surface area contributed by atoms with Gasteiger partial charge in [0, 0.05) is 31.1 Å². The van der Waals surface area contributed by atoms with Crippen molar-refractivity contribution in [1.29, 1.82) is 0 Å². The summed E-state index contributed by atoms with van der Waals surface area (Å²) >= 11 is 0. The van der Waals surface area contributed by atoms with E-state index in [0.29, 0.717) is 32.5 Å². The largest absolute Gasteiger partial charge is 0.493 e. The summed E-state index contributed by atoms with van der Waals surface area (Å²) < 4.78 is 10.6. The number of nitrogens with one attached hydrogen (secondary N) is 1. The Kier molecular flexibility index (Phi) is 7.19. The van der Waals surface area contributed by atoms with Gasteiger partial charge in [0.2, 0.25) is 5.91 Å². The third-order valence-corrected chi connectivity index (χ3v) is 4.59. The third-order valence-electron chi connectivity index (χ3n) is 4.59. The molecule has 0 atom stereocenters. The molecule has 1 aromatic rings. The van der Waals surface area contributed by atoms with Crippen LogP contribution in [-0.4, -0.2) is 54.5 Å². The molecule has 1 heterocycles. The lowest BCUT2D eigenvalue weighted by Gasteiger charge is -2.31. The van der Waals surface area contributed by atoms with Crippen molar-refractivity contribution in [2.75, 3.05) is 26.8 Å². The zero-order valence-electron chi connectivity index (χ0n) is 16.7. The van der Waals surface area contributed by atoms with Crippen LogP contribution in [0.25, 0.3) is 0 Å². The number of benzene rings is 1. The Hall–Kier alpha value is -2.84. The standard InChI is InChI=1S/C19H27N3O6/c1-5-28-17-11-15(22(25)26)14(10-16(17)27-4)19(24)21-8-6-13(7-9-21)18(23)20-12(2)3/h10-13H,5-9H2,1-4H3,(H,20,23). The molecular formula is C19H27N3O6. The Labute approximate surface area is 164 Å². The highest BCUT2D eigenvalue weighted by molar-refractivity contribution is 5.99. The minimum absolute atomic E-state index is 0.0178. The Morgan fingerprint density at radius 1 is 1.29 bits per heavy atom. The molecule has 2 amide bonds. The molecular weight excluding hydrogens is 366 g/mol. The molecule has 9 heteroatoms. The second kappa shape index (κ2) is 9.38. The van der Waals surface area contributed by atoms with E-state index in [2.05, 4.69) is 5.32 Å². The van der Waals surface area contributed by atoms with Gasteiger partial charge in [-0.3, -0.25) is 19.7 Å². The second-order valence-electron chi connectivity index (χ2n) is 6.94. The van der Waals surface area contributed by atoms with Gasteiger partial charge in [-0.25, -0.2) is 0 Å². The van der Waals surface area contributed by atoms with Crippen LogP contribution < -0.4 is 14.8 Å². The first-order valence-corrected chi connectivity index (χ1v) is 9.37. The second-order valence-corrected chi connectivity index (χ2v) is 6.94. The van der Waals surface area contributed by atoms with Gasteiger partial charge in [0.25, 0.3) is 11.6 Å². The van der Waals surface area contributed by atoms with E-state index >= 15 is 0 Å². The number of likely N-dealkylation sites (tertiary alicyclic amines) is 1. The van der Waals surface area contributed by atoms with E-state index in [1.54, 1.807) is 11.8 Å². The van der Waals surface area contributed by atoms with Crippen LogP contribution in [0.3, 0.4) is 0 Å². The number of amides is 2. The highest BCUT2D eigenvalue weighted by Crippen LogP contribution is 2.35. The first-order chi connectivity index (χ1) is 13.3. The molecule has 0 aliphatic carbocycles. The van der Waals surface area contributed by atoms with E-state index in [1.807, 2.05) is 13.8 Å². The summed E-state index contributed by atoms with van der Waals surface area (Å²) in [6, 6.07) is 2.63. The minimum Gasteiger partial charge on any atom is -0.493 e. The normalized spacial score (nSPS) is 14.7. The summed E-state index contributed by atoms with van der Waals surface area (Å²) in [5.74, 6) is -0.137. The number of rotatable bonds is 7. The SMILES string of the molecule is CCOc1cc([N+](=O)[O-])c(C(=O)N2CCC(C(=O)NC(C)C)CC2)cc1OC. The predicted molar refractivity (Wildman–Crippen MR) is 103 cm³/mol. The number of hydrogen-bond donors (Lipinski definition) is 1.